The van der Waals surface area contributed by atoms with Crippen molar-refractivity contribution in [1.82, 2.24) is 0 Å². The molecule has 2 unspecified atom stereocenters. The van der Waals surface area contributed by atoms with E-state index in [4.69, 9.17) is 18.5 Å². The smallest absolute Gasteiger partial charge is 0.306 e. The van der Waals surface area contributed by atoms with Crippen LogP contribution in [0.4, 0.5) is 0 Å². The van der Waals surface area contributed by atoms with Crippen LogP contribution in [0.25, 0.3) is 0 Å². The maximum absolute atomic E-state index is 12.8. The highest BCUT2D eigenvalue weighted by Gasteiger charge is 2.20. The maximum atomic E-state index is 12.8. The van der Waals surface area contributed by atoms with Gasteiger partial charge < -0.3 is 27.9 Å². The van der Waals surface area contributed by atoms with Crippen molar-refractivity contribution in [3.63, 3.8) is 0 Å². The number of hydrogen-bond acceptors (Lipinski definition) is 7. The third-order valence-corrected chi connectivity index (χ3v) is 13.4. The molecule has 0 aliphatic carbocycles. The van der Waals surface area contributed by atoms with Crippen molar-refractivity contribution >= 4 is 13.8 Å². The normalized spacial score (nSPS) is 13.8. The zero-order valence-corrected chi connectivity index (χ0v) is 45.7. The molecule has 0 aromatic rings. The Morgan fingerprint density at radius 3 is 1.30 bits per heavy atom. The highest BCUT2D eigenvalue weighted by molar-refractivity contribution is 7.45. The summed E-state index contributed by atoms with van der Waals surface area (Å²) in [6, 6.07) is 0. The molecular formula is C58H110NO7P. The first-order valence-corrected chi connectivity index (χ1v) is 29.8. The Labute approximate surface area is 416 Å². The van der Waals surface area contributed by atoms with Gasteiger partial charge in [0, 0.05) is 13.0 Å². The number of esters is 1. The molecule has 0 fully saturated rings. The van der Waals surface area contributed by atoms with Gasteiger partial charge in [-0.05, 0) is 51.4 Å². The monoisotopic (exact) mass is 964 g/mol. The standard InChI is InChI=1S/C58H110NO7P/c1-6-8-10-12-14-16-18-20-22-24-26-28-29-30-31-32-33-35-37-39-41-43-45-47-49-51-58(60)66-57(56-65-67(61,62)64-54-52-59(3,4)5)55-63-53-50-48-46-44-42-40-38-36-34-27-25-23-21-19-17-15-13-11-9-7-2/h9,11,15,17,21,23,27,34,57H,6-8,10,12-14,16,18-20,22,24-26,28-33,35-56H2,1-5H3/b11-9-,17-15-,23-21-,34-27-. The molecule has 0 rings (SSSR count). The number of likely N-dealkylation sites (N-methyl/N-ethyl adjacent to an activating group) is 1. The van der Waals surface area contributed by atoms with Crippen LogP contribution in [0.5, 0.6) is 0 Å². The van der Waals surface area contributed by atoms with E-state index in [-0.39, 0.29) is 25.8 Å². The molecule has 67 heavy (non-hydrogen) atoms. The third-order valence-electron chi connectivity index (χ3n) is 12.4. The Kier molecular flexibility index (Phi) is 49.7. The Bertz CT molecular complexity index is 1210. The van der Waals surface area contributed by atoms with Gasteiger partial charge in [0.2, 0.25) is 0 Å². The van der Waals surface area contributed by atoms with Crippen molar-refractivity contribution in [3.05, 3.63) is 48.6 Å². The van der Waals surface area contributed by atoms with E-state index < -0.39 is 13.9 Å². The molecule has 0 saturated carbocycles. The fourth-order valence-corrected chi connectivity index (χ4v) is 8.80. The van der Waals surface area contributed by atoms with Crippen molar-refractivity contribution in [2.24, 2.45) is 0 Å². The lowest BCUT2D eigenvalue weighted by atomic mass is 10.0. The van der Waals surface area contributed by atoms with Crippen molar-refractivity contribution < 1.29 is 37.3 Å². The first-order chi connectivity index (χ1) is 32.6. The second-order valence-electron chi connectivity index (χ2n) is 20.3. The maximum Gasteiger partial charge on any atom is 0.306 e. The average Bonchev–Trinajstić information content (AvgIpc) is 3.29. The Morgan fingerprint density at radius 2 is 0.866 bits per heavy atom. The number of quaternary nitrogens is 1. The highest BCUT2D eigenvalue weighted by atomic mass is 31.2. The number of ether oxygens (including phenoxy) is 2. The van der Waals surface area contributed by atoms with E-state index in [1.54, 1.807) is 0 Å². The van der Waals surface area contributed by atoms with Crippen LogP contribution >= 0.6 is 7.82 Å². The van der Waals surface area contributed by atoms with Gasteiger partial charge in [-0.25, -0.2) is 0 Å². The summed E-state index contributed by atoms with van der Waals surface area (Å²) >= 11 is 0. The first kappa shape index (κ1) is 65.5. The predicted molar refractivity (Wildman–Crippen MR) is 286 cm³/mol. The predicted octanol–water partition coefficient (Wildman–Crippen LogP) is 17.2. The summed E-state index contributed by atoms with van der Waals surface area (Å²) in [6.45, 7) is 5.32. The summed E-state index contributed by atoms with van der Waals surface area (Å²) in [4.78, 5) is 25.2. The van der Waals surface area contributed by atoms with Gasteiger partial charge in [-0.3, -0.25) is 9.36 Å². The lowest BCUT2D eigenvalue weighted by Gasteiger charge is -2.28. The van der Waals surface area contributed by atoms with Crippen LogP contribution in [0.3, 0.4) is 0 Å². The molecule has 0 saturated heterocycles. The van der Waals surface area contributed by atoms with Gasteiger partial charge in [-0.2, -0.15) is 0 Å². The van der Waals surface area contributed by atoms with Gasteiger partial charge >= 0.3 is 5.97 Å². The number of unbranched alkanes of at least 4 members (excludes halogenated alkanes) is 31. The van der Waals surface area contributed by atoms with E-state index in [1.807, 2.05) is 21.1 Å². The molecule has 0 bridgehead atoms. The molecule has 0 aromatic carbocycles. The summed E-state index contributed by atoms with van der Waals surface area (Å²) in [6.07, 6.45) is 64.4. The van der Waals surface area contributed by atoms with Crippen LogP contribution in [0.1, 0.15) is 258 Å². The topological polar surface area (TPSA) is 94.1 Å². The molecule has 2 atom stereocenters. The number of nitrogens with zero attached hydrogens (tertiary/aromatic N) is 1. The SMILES string of the molecule is CC/C=C\C/C=C\C/C=C\C/C=C\CCCCCCCCCOCC(COP(=O)([O-])OCC[N+](C)(C)C)OC(=O)CCCCCCCCCCCCCCCCCCCCCCCCCCC. The zero-order chi connectivity index (χ0) is 49.0. The second-order valence-corrected chi connectivity index (χ2v) is 21.7. The van der Waals surface area contributed by atoms with Crippen LogP contribution in [-0.4, -0.2) is 70.7 Å². The van der Waals surface area contributed by atoms with E-state index >= 15 is 0 Å². The fourth-order valence-electron chi connectivity index (χ4n) is 8.07. The molecule has 0 heterocycles. The number of phosphoric acid groups is 1. The minimum absolute atomic E-state index is 0.0239. The van der Waals surface area contributed by atoms with Crippen LogP contribution in [0.15, 0.2) is 48.6 Å². The van der Waals surface area contributed by atoms with Gasteiger partial charge in [0.15, 0.2) is 0 Å². The fraction of sp³-hybridized carbons (Fsp3) is 0.845. The lowest BCUT2D eigenvalue weighted by Crippen LogP contribution is -2.37. The van der Waals surface area contributed by atoms with Crippen molar-refractivity contribution in [3.8, 4) is 0 Å². The quantitative estimate of drug-likeness (QED) is 0.0197. The number of carbonyl (C=O) groups is 1. The zero-order valence-electron chi connectivity index (χ0n) is 44.9. The van der Waals surface area contributed by atoms with E-state index in [9.17, 15) is 14.3 Å². The number of rotatable bonds is 53. The first-order valence-electron chi connectivity index (χ1n) is 28.4. The minimum atomic E-state index is -4.54. The molecule has 8 nitrogen and oxygen atoms in total. The highest BCUT2D eigenvalue weighted by Crippen LogP contribution is 2.38. The molecule has 0 aliphatic rings. The molecule has 0 aromatic heterocycles. The summed E-state index contributed by atoms with van der Waals surface area (Å²) in [5, 5.41) is 0. The molecule has 9 heteroatoms. The van der Waals surface area contributed by atoms with Crippen LogP contribution < -0.4 is 4.89 Å². The van der Waals surface area contributed by atoms with Gasteiger partial charge in [0.05, 0.1) is 34.4 Å². The van der Waals surface area contributed by atoms with Gasteiger partial charge in [0.25, 0.3) is 7.82 Å². The van der Waals surface area contributed by atoms with Gasteiger partial charge in [-0.1, -0.05) is 249 Å². The average molecular weight is 964 g/mol. The molecule has 0 spiro atoms. The molecule has 0 N–H and O–H groups in total. The lowest BCUT2D eigenvalue weighted by molar-refractivity contribution is -0.870. The number of allylic oxidation sites excluding steroid dienone is 8. The summed E-state index contributed by atoms with van der Waals surface area (Å²) < 4.78 is 34.8. The molecule has 394 valence electrons. The van der Waals surface area contributed by atoms with Crippen LogP contribution in [-0.2, 0) is 27.9 Å². The van der Waals surface area contributed by atoms with Crippen molar-refractivity contribution in [2.75, 3.05) is 54.1 Å². The van der Waals surface area contributed by atoms with Crippen LogP contribution in [0.2, 0.25) is 0 Å². The minimum Gasteiger partial charge on any atom is -0.756 e. The molecule has 0 aliphatic heterocycles. The Hall–Kier alpha value is -1.54. The van der Waals surface area contributed by atoms with E-state index in [0.717, 1.165) is 64.2 Å². The molecular weight excluding hydrogens is 854 g/mol. The Morgan fingerprint density at radius 1 is 0.478 bits per heavy atom. The van der Waals surface area contributed by atoms with Gasteiger partial charge in [0.1, 0.15) is 19.3 Å². The summed E-state index contributed by atoms with van der Waals surface area (Å²) in [5.74, 6) is -0.333. The number of phosphoric ester groups is 1. The van der Waals surface area contributed by atoms with E-state index in [1.165, 1.54) is 173 Å². The Balaban J connectivity index is 4.06. The molecule has 0 amide bonds. The third kappa shape index (κ3) is 55.3. The van der Waals surface area contributed by atoms with E-state index in [0.29, 0.717) is 24.1 Å². The summed E-state index contributed by atoms with van der Waals surface area (Å²) in [5.41, 5.74) is 0. The van der Waals surface area contributed by atoms with Crippen LogP contribution in [0, 0.1) is 0 Å². The largest absolute Gasteiger partial charge is 0.756 e. The second kappa shape index (κ2) is 50.8. The summed E-state index contributed by atoms with van der Waals surface area (Å²) in [7, 11) is 1.36. The number of hydrogen-bond donors (Lipinski definition) is 0. The van der Waals surface area contributed by atoms with Crippen molar-refractivity contribution in [2.45, 2.75) is 264 Å². The van der Waals surface area contributed by atoms with E-state index in [2.05, 4.69) is 62.5 Å². The van der Waals surface area contributed by atoms with Gasteiger partial charge in [-0.15, -0.1) is 0 Å². The van der Waals surface area contributed by atoms with Crippen molar-refractivity contribution in [1.29, 1.82) is 0 Å². The molecule has 0 radical (unpaired) electrons. The number of carbonyl (C=O) groups excluding carboxylic acids is 1.